The molecule has 2 fully saturated rings. The zero-order valence-corrected chi connectivity index (χ0v) is 22.6. The number of aromatic nitrogens is 3. The number of thiophene rings is 1. The van der Waals surface area contributed by atoms with Crippen LogP contribution in [0.4, 0.5) is 10.9 Å². The minimum absolute atomic E-state index is 0.0899. The Kier molecular flexibility index (Phi) is 7.46. The summed E-state index contributed by atoms with van der Waals surface area (Å²) in [6.45, 7) is 4.70. The molecule has 0 unspecified atom stereocenters. The fraction of sp³-hybridized carbons (Fsp3) is 0.458. The van der Waals surface area contributed by atoms with Crippen molar-refractivity contribution in [2.75, 3.05) is 29.9 Å². The Labute approximate surface area is 227 Å². The largest absolute Gasteiger partial charge is 0.479 e. The van der Waals surface area contributed by atoms with Crippen molar-refractivity contribution >= 4 is 57.1 Å². The third-order valence-corrected chi connectivity index (χ3v) is 9.18. The normalized spacial score (nSPS) is 19.8. The van der Waals surface area contributed by atoms with Crippen LogP contribution < -0.4 is 10.2 Å². The molecule has 0 aromatic carbocycles. The number of anilines is 2. The van der Waals surface area contributed by atoms with Crippen LogP contribution in [-0.2, 0) is 11.3 Å². The van der Waals surface area contributed by atoms with Crippen LogP contribution in [0.2, 0.25) is 5.02 Å². The smallest absolute Gasteiger partial charge is 0.335 e. The monoisotopic (exact) mass is 562 g/mol. The molecule has 3 aromatic rings. The van der Waals surface area contributed by atoms with Crippen molar-refractivity contribution in [2.24, 2.45) is 0 Å². The molecule has 1 amide bonds. The lowest BCUT2D eigenvalue weighted by Crippen LogP contribution is -2.49. The summed E-state index contributed by atoms with van der Waals surface area (Å²) < 4.78 is 0. The number of aliphatic hydroxyl groups is 1. The van der Waals surface area contributed by atoms with E-state index in [9.17, 15) is 19.8 Å². The van der Waals surface area contributed by atoms with Gasteiger partial charge in [0.25, 0.3) is 5.91 Å². The van der Waals surface area contributed by atoms with Crippen LogP contribution in [0.15, 0.2) is 23.8 Å². The van der Waals surface area contributed by atoms with E-state index in [2.05, 4.69) is 27.1 Å². The molecular formula is C24H27ClN6O4S2. The lowest BCUT2D eigenvalue weighted by atomic mass is 9.92. The van der Waals surface area contributed by atoms with Crippen molar-refractivity contribution in [1.82, 2.24) is 19.9 Å². The Hall–Kier alpha value is -2.64. The molecule has 37 heavy (non-hydrogen) atoms. The first-order chi connectivity index (χ1) is 17.7. The van der Waals surface area contributed by atoms with Gasteiger partial charge in [-0.3, -0.25) is 15.0 Å². The van der Waals surface area contributed by atoms with Crippen LogP contribution in [0.3, 0.4) is 0 Å². The number of halogens is 1. The van der Waals surface area contributed by atoms with Crippen molar-refractivity contribution in [3.8, 4) is 10.6 Å². The maximum absolute atomic E-state index is 12.9. The van der Waals surface area contributed by atoms with Crippen LogP contribution in [0, 0.1) is 0 Å². The number of carbonyl (C=O) groups is 2. The summed E-state index contributed by atoms with van der Waals surface area (Å²) in [5, 5.41) is 25.2. The van der Waals surface area contributed by atoms with E-state index in [0.717, 1.165) is 28.5 Å². The topological polar surface area (TPSA) is 132 Å². The first-order valence-corrected chi connectivity index (χ1v) is 14.1. The standard InChI is InChI=1S/C24H27ClN6O4S2/c1-14-3-2-6-31(14)12-18-20(17-9-15(25)13-36-17)28-23(37-18)29-21(32)16-10-27-19(11-26-16)30-7-4-24(35,5-8-30)22(33)34/h9-11,13-14,35H,2-8,12H2,1H3,(H,33,34)(H,28,29,32)/t14-/m1/s1. The van der Waals surface area contributed by atoms with Crippen molar-refractivity contribution < 1.29 is 19.8 Å². The number of hydrogen-bond donors (Lipinski definition) is 3. The Balaban J connectivity index is 1.28. The van der Waals surface area contributed by atoms with Gasteiger partial charge in [-0.05, 0) is 32.4 Å². The maximum Gasteiger partial charge on any atom is 0.335 e. The van der Waals surface area contributed by atoms with Crippen LogP contribution >= 0.6 is 34.3 Å². The number of nitrogens with zero attached hydrogens (tertiary/aromatic N) is 5. The highest BCUT2D eigenvalue weighted by molar-refractivity contribution is 7.17. The van der Waals surface area contributed by atoms with Gasteiger partial charge in [-0.2, -0.15) is 0 Å². The number of carboxylic acid groups (broad SMARTS) is 1. The molecule has 0 radical (unpaired) electrons. The molecule has 2 saturated heterocycles. The molecule has 196 valence electrons. The molecule has 0 saturated carbocycles. The number of thiazole rings is 1. The summed E-state index contributed by atoms with van der Waals surface area (Å²) >= 11 is 9.15. The minimum Gasteiger partial charge on any atom is -0.479 e. The second-order valence-electron chi connectivity index (χ2n) is 9.42. The van der Waals surface area contributed by atoms with E-state index < -0.39 is 17.5 Å². The predicted octanol–water partition coefficient (Wildman–Crippen LogP) is 3.97. The summed E-state index contributed by atoms with van der Waals surface area (Å²) in [4.78, 5) is 43.8. The second-order valence-corrected chi connectivity index (χ2v) is 11.9. The lowest BCUT2D eigenvalue weighted by Gasteiger charge is -2.35. The number of piperidine rings is 1. The Morgan fingerprint density at radius 3 is 2.62 bits per heavy atom. The minimum atomic E-state index is -1.71. The van der Waals surface area contributed by atoms with Gasteiger partial charge in [0.2, 0.25) is 0 Å². The zero-order chi connectivity index (χ0) is 26.2. The predicted molar refractivity (Wildman–Crippen MR) is 144 cm³/mol. The summed E-state index contributed by atoms with van der Waals surface area (Å²) in [7, 11) is 0. The number of aliphatic carboxylic acids is 1. The third-order valence-electron chi connectivity index (χ3n) is 6.94. The van der Waals surface area contributed by atoms with Crippen molar-refractivity contribution in [1.29, 1.82) is 0 Å². The van der Waals surface area contributed by atoms with Gasteiger partial charge in [0.05, 0.1) is 28.0 Å². The van der Waals surface area contributed by atoms with Crippen LogP contribution in [-0.4, -0.2) is 73.2 Å². The molecule has 5 heterocycles. The number of carboxylic acids is 1. The van der Waals surface area contributed by atoms with Crippen LogP contribution in [0.25, 0.3) is 10.6 Å². The SMILES string of the molecule is C[C@@H]1CCCN1Cc1sc(NC(=O)c2cnc(N3CCC(O)(C(=O)O)CC3)cn2)nc1-c1cc(Cl)cs1. The van der Waals surface area contributed by atoms with Gasteiger partial charge in [0, 0.05) is 48.8 Å². The maximum atomic E-state index is 12.9. The van der Waals surface area contributed by atoms with Gasteiger partial charge >= 0.3 is 5.97 Å². The van der Waals surface area contributed by atoms with Gasteiger partial charge < -0.3 is 15.1 Å². The van der Waals surface area contributed by atoms with Crippen molar-refractivity contribution in [2.45, 2.75) is 50.8 Å². The number of carbonyl (C=O) groups excluding carboxylic acids is 1. The number of hydrogen-bond acceptors (Lipinski definition) is 10. The second kappa shape index (κ2) is 10.6. The Morgan fingerprint density at radius 2 is 2.03 bits per heavy atom. The average molecular weight is 563 g/mol. The molecule has 2 aliphatic heterocycles. The van der Waals surface area contributed by atoms with E-state index in [0.29, 0.717) is 35.1 Å². The van der Waals surface area contributed by atoms with Gasteiger partial charge in [-0.15, -0.1) is 11.3 Å². The van der Waals surface area contributed by atoms with Crippen molar-refractivity contribution in [3.05, 3.63) is 39.4 Å². The summed E-state index contributed by atoms with van der Waals surface area (Å²) in [6.07, 6.45) is 5.41. The number of amides is 1. The van der Waals surface area contributed by atoms with Crippen LogP contribution in [0.1, 0.15) is 48.0 Å². The molecule has 13 heteroatoms. The first kappa shape index (κ1) is 26.0. The number of nitrogens with one attached hydrogen (secondary N) is 1. The van der Waals surface area contributed by atoms with E-state index in [1.165, 1.54) is 47.9 Å². The van der Waals surface area contributed by atoms with Crippen LogP contribution in [0.5, 0.6) is 0 Å². The summed E-state index contributed by atoms with van der Waals surface area (Å²) in [6, 6.07) is 2.40. The van der Waals surface area contributed by atoms with Gasteiger partial charge in [-0.1, -0.05) is 22.9 Å². The first-order valence-electron chi connectivity index (χ1n) is 12.0. The highest BCUT2D eigenvalue weighted by Crippen LogP contribution is 2.38. The molecule has 2 aliphatic rings. The molecule has 0 spiro atoms. The van der Waals surface area contributed by atoms with E-state index in [4.69, 9.17) is 16.6 Å². The number of rotatable bonds is 7. The third kappa shape index (κ3) is 5.63. The van der Waals surface area contributed by atoms with E-state index in [1.54, 1.807) is 0 Å². The van der Waals surface area contributed by atoms with Crippen molar-refractivity contribution in [3.63, 3.8) is 0 Å². The quantitative estimate of drug-likeness (QED) is 0.391. The highest BCUT2D eigenvalue weighted by Gasteiger charge is 2.39. The fourth-order valence-corrected chi connectivity index (χ4v) is 6.79. The molecule has 0 bridgehead atoms. The molecule has 3 aromatic heterocycles. The Morgan fingerprint density at radius 1 is 1.24 bits per heavy atom. The number of likely N-dealkylation sites (tertiary alicyclic amines) is 1. The molecule has 10 nitrogen and oxygen atoms in total. The van der Waals surface area contributed by atoms with E-state index in [1.807, 2.05) is 16.3 Å². The van der Waals surface area contributed by atoms with E-state index in [-0.39, 0.29) is 18.5 Å². The van der Waals surface area contributed by atoms with Gasteiger partial charge in [0.1, 0.15) is 11.5 Å². The highest BCUT2D eigenvalue weighted by atomic mass is 35.5. The molecule has 1 atom stereocenters. The molecule has 0 aliphatic carbocycles. The van der Waals surface area contributed by atoms with E-state index >= 15 is 0 Å². The summed E-state index contributed by atoms with van der Waals surface area (Å²) in [5.74, 6) is -1.10. The lowest BCUT2D eigenvalue weighted by molar-refractivity contribution is -0.160. The fourth-order valence-electron chi connectivity index (χ4n) is 4.64. The summed E-state index contributed by atoms with van der Waals surface area (Å²) in [5.41, 5.74) is -0.728. The molecule has 3 N–H and O–H groups in total. The Bertz CT molecular complexity index is 1290. The van der Waals surface area contributed by atoms with Gasteiger partial charge in [-0.25, -0.2) is 19.7 Å². The van der Waals surface area contributed by atoms with Gasteiger partial charge in [0.15, 0.2) is 10.7 Å². The molecule has 5 rings (SSSR count). The average Bonchev–Trinajstić information content (AvgIpc) is 3.60. The zero-order valence-electron chi connectivity index (χ0n) is 20.2. The molecular weight excluding hydrogens is 536 g/mol.